The molecule has 0 unspecified atom stereocenters. The SMILES string of the molecule is CCNC(=NCCCN1CCN(C(=O)OC(C)(C)C)CC1)N(C)Cc1cccn1C. The second kappa shape index (κ2) is 11.2. The molecule has 1 aliphatic heterocycles. The maximum absolute atomic E-state index is 12.2. The molecule has 8 nitrogen and oxygen atoms in total. The van der Waals surface area contributed by atoms with Gasteiger partial charge in [-0.15, -0.1) is 0 Å². The van der Waals surface area contributed by atoms with Crippen molar-refractivity contribution in [2.45, 2.75) is 46.3 Å². The molecular weight excluding hydrogens is 380 g/mol. The molecule has 2 rings (SSSR count). The summed E-state index contributed by atoms with van der Waals surface area (Å²) < 4.78 is 7.60. The summed E-state index contributed by atoms with van der Waals surface area (Å²) in [5.74, 6) is 0.938. The number of rotatable bonds is 7. The molecule has 0 bridgehead atoms. The minimum absolute atomic E-state index is 0.205. The summed E-state index contributed by atoms with van der Waals surface area (Å²) in [6.45, 7) is 14.5. The fraction of sp³-hybridized carbons (Fsp3) is 0.727. The van der Waals surface area contributed by atoms with E-state index >= 15 is 0 Å². The van der Waals surface area contributed by atoms with Crippen LogP contribution in [0.4, 0.5) is 4.79 Å². The molecule has 1 saturated heterocycles. The maximum atomic E-state index is 12.2. The summed E-state index contributed by atoms with van der Waals surface area (Å²) in [7, 11) is 4.14. The zero-order valence-electron chi connectivity index (χ0n) is 19.6. The van der Waals surface area contributed by atoms with Crippen LogP contribution in [0, 0.1) is 0 Å². The average molecular weight is 421 g/mol. The Bertz CT molecular complexity index is 686. The molecule has 1 aromatic heterocycles. The monoisotopic (exact) mass is 420 g/mol. The molecule has 30 heavy (non-hydrogen) atoms. The van der Waals surface area contributed by atoms with Gasteiger partial charge in [0.05, 0.1) is 6.54 Å². The number of aromatic nitrogens is 1. The van der Waals surface area contributed by atoms with Crippen molar-refractivity contribution >= 4 is 12.1 Å². The lowest BCUT2D eigenvalue weighted by Crippen LogP contribution is -2.50. The predicted molar refractivity (Wildman–Crippen MR) is 122 cm³/mol. The molecule has 1 fully saturated rings. The Balaban J connectivity index is 1.73. The number of piperazine rings is 1. The smallest absolute Gasteiger partial charge is 0.410 e. The van der Waals surface area contributed by atoms with E-state index in [1.807, 2.05) is 25.7 Å². The Labute approximate surface area is 181 Å². The summed E-state index contributed by atoms with van der Waals surface area (Å²) in [6.07, 6.45) is 2.86. The van der Waals surface area contributed by atoms with E-state index in [1.165, 1.54) is 5.69 Å². The fourth-order valence-electron chi connectivity index (χ4n) is 3.41. The highest BCUT2D eigenvalue weighted by atomic mass is 16.6. The van der Waals surface area contributed by atoms with Gasteiger partial charge in [-0.25, -0.2) is 4.79 Å². The second-order valence-corrected chi connectivity index (χ2v) is 8.86. The van der Waals surface area contributed by atoms with Gasteiger partial charge in [-0.3, -0.25) is 9.89 Å². The van der Waals surface area contributed by atoms with E-state index < -0.39 is 5.60 Å². The topological polar surface area (TPSA) is 65.3 Å². The second-order valence-electron chi connectivity index (χ2n) is 8.86. The average Bonchev–Trinajstić information content (AvgIpc) is 3.07. The van der Waals surface area contributed by atoms with Gasteiger partial charge >= 0.3 is 6.09 Å². The number of hydrogen-bond acceptors (Lipinski definition) is 4. The van der Waals surface area contributed by atoms with Crippen molar-refractivity contribution in [3.05, 3.63) is 24.0 Å². The lowest BCUT2D eigenvalue weighted by Gasteiger charge is -2.35. The van der Waals surface area contributed by atoms with Crippen LogP contribution in [0.3, 0.4) is 0 Å². The molecule has 1 N–H and O–H groups in total. The predicted octanol–water partition coefficient (Wildman–Crippen LogP) is 2.37. The number of hydrogen-bond donors (Lipinski definition) is 1. The summed E-state index contributed by atoms with van der Waals surface area (Å²) >= 11 is 0. The fourth-order valence-corrected chi connectivity index (χ4v) is 3.41. The van der Waals surface area contributed by atoms with Crippen molar-refractivity contribution in [3.63, 3.8) is 0 Å². The molecule has 0 radical (unpaired) electrons. The Morgan fingerprint density at radius 3 is 2.53 bits per heavy atom. The van der Waals surface area contributed by atoms with Crippen molar-refractivity contribution in [2.75, 3.05) is 52.9 Å². The van der Waals surface area contributed by atoms with Crippen molar-refractivity contribution in [3.8, 4) is 0 Å². The molecule has 1 amide bonds. The first-order chi connectivity index (χ1) is 14.2. The third-order valence-electron chi connectivity index (χ3n) is 5.06. The van der Waals surface area contributed by atoms with E-state index in [2.05, 4.69) is 59.0 Å². The summed E-state index contributed by atoms with van der Waals surface area (Å²) in [5.41, 5.74) is 0.815. The van der Waals surface area contributed by atoms with Crippen LogP contribution in [0.5, 0.6) is 0 Å². The third kappa shape index (κ3) is 7.89. The van der Waals surface area contributed by atoms with Crippen LogP contribution in [0.2, 0.25) is 0 Å². The molecule has 1 aromatic rings. The van der Waals surface area contributed by atoms with Crippen molar-refractivity contribution in [1.82, 2.24) is 24.6 Å². The Morgan fingerprint density at radius 2 is 1.97 bits per heavy atom. The van der Waals surface area contributed by atoms with Crippen LogP contribution in [0.15, 0.2) is 23.3 Å². The Morgan fingerprint density at radius 1 is 1.27 bits per heavy atom. The van der Waals surface area contributed by atoms with Gasteiger partial charge in [0, 0.05) is 71.8 Å². The van der Waals surface area contributed by atoms with E-state index in [4.69, 9.17) is 9.73 Å². The largest absolute Gasteiger partial charge is 0.444 e. The number of nitrogens with one attached hydrogen (secondary N) is 1. The van der Waals surface area contributed by atoms with Crippen molar-refractivity contribution < 1.29 is 9.53 Å². The highest BCUT2D eigenvalue weighted by Gasteiger charge is 2.25. The first-order valence-corrected chi connectivity index (χ1v) is 11.0. The quantitative estimate of drug-likeness (QED) is 0.417. The highest BCUT2D eigenvalue weighted by molar-refractivity contribution is 5.79. The summed E-state index contributed by atoms with van der Waals surface area (Å²) in [6, 6.07) is 4.20. The number of ether oxygens (including phenoxy) is 1. The van der Waals surface area contributed by atoms with Gasteiger partial charge in [0.15, 0.2) is 5.96 Å². The lowest BCUT2D eigenvalue weighted by atomic mass is 10.2. The third-order valence-corrected chi connectivity index (χ3v) is 5.06. The number of guanidine groups is 1. The van der Waals surface area contributed by atoms with Crippen LogP contribution in [0.25, 0.3) is 0 Å². The molecule has 0 atom stereocenters. The molecule has 2 heterocycles. The van der Waals surface area contributed by atoms with Gasteiger partial charge in [0.25, 0.3) is 0 Å². The number of aryl methyl sites for hydroxylation is 1. The zero-order chi connectivity index (χ0) is 22.1. The van der Waals surface area contributed by atoms with E-state index in [9.17, 15) is 4.79 Å². The number of carbonyl (C=O) groups excluding carboxylic acids is 1. The summed E-state index contributed by atoms with van der Waals surface area (Å²) in [5, 5.41) is 3.38. The van der Waals surface area contributed by atoms with Gasteiger partial charge in [-0.1, -0.05) is 0 Å². The molecule has 170 valence electrons. The van der Waals surface area contributed by atoms with Gasteiger partial charge in [-0.05, 0) is 46.2 Å². The van der Waals surface area contributed by atoms with E-state index in [0.717, 1.165) is 64.7 Å². The molecular formula is C22H40N6O2. The van der Waals surface area contributed by atoms with Gasteiger partial charge < -0.3 is 24.4 Å². The van der Waals surface area contributed by atoms with Crippen LogP contribution in [0.1, 0.15) is 39.8 Å². The van der Waals surface area contributed by atoms with E-state index in [-0.39, 0.29) is 6.09 Å². The first kappa shape index (κ1) is 24.1. The first-order valence-electron chi connectivity index (χ1n) is 11.0. The van der Waals surface area contributed by atoms with Crippen molar-refractivity contribution in [1.29, 1.82) is 0 Å². The number of amides is 1. The van der Waals surface area contributed by atoms with Gasteiger partial charge in [-0.2, -0.15) is 0 Å². The molecule has 0 aromatic carbocycles. The Kier molecular flexibility index (Phi) is 9.02. The van der Waals surface area contributed by atoms with E-state index in [0.29, 0.717) is 0 Å². The normalized spacial score (nSPS) is 15.9. The molecule has 0 aliphatic carbocycles. The molecule has 1 aliphatic rings. The molecule has 0 saturated carbocycles. The van der Waals surface area contributed by atoms with Crippen LogP contribution in [-0.2, 0) is 18.3 Å². The van der Waals surface area contributed by atoms with Crippen molar-refractivity contribution in [2.24, 2.45) is 12.0 Å². The zero-order valence-corrected chi connectivity index (χ0v) is 19.6. The summed E-state index contributed by atoms with van der Waals surface area (Å²) in [4.78, 5) is 23.3. The van der Waals surface area contributed by atoms with Crippen LogP contribution < -0.4 is 5.32 Å². The number of carbonyl (C=O) groups is 1. The maximum Gasteiger partial charge on any atom is 0.410 e. The number of nitrogens with zero attached hydrogens (tertiary/aromatic N) is 5. The minimum Gasteiger partial charge on any atom is -0.444 e. The molecule has 8 heteroatoms. The van der Waals surface area contributed by atoms with E-state index in [1.54, 1.807) is 0 Å². The lowest BCUT2D eigenvalue weighted by molar-refractivity contribution is 0.0145. The highest BCUT2D eigenvalue weighted by Crippen LogP contribution is 2.12. The Hall–Kier alpha value is -2.22. The van der Waals surface area contributed by atoms with Gasteiger partial charge in [0.1, 0.15) is 5.60 Å². The molecule has 0 spiro atoms. The minimum atomic E-state index is -0.441. The standard InChI is InChI=1S/C22H40N6O2/c1-7-23-20(26(6)18-19-10-8-12-25(19)5)24-11-9-13-27-14-16-28(17-15-27)21(29)30-22(2,3)4/h8,10,12H,7,9,11,13-18H2,1-6H3,(H,23,24). The van der Waals surface area contributed by atoms with Crippen LogP contribution in [-0.4, -0.2) is 89.8 Å². The number of aliphatic imine (C=N–C) groups is 1. The van der Waals surface area contributed by atoms with Gasteiger partial charge in [0.2, 0.25) is 0 Å². The van der Waals surface area contributed by atoms with Crippen LogP contribution >= 0.6 is 0 Å².